The highest BCUT2D eigenvalue weighted by atomic mass is 16.5. The summed E-state index contributed by atoms with van der Waals surface area (Å²) in [6.45, 7) is 3.42. The van der Waals surface area contributed by atoms with E-state index in [2.05, 4.69) is 31.0 Å². The molecule has 2 N–H and O–H groups in total. The van der Waals surface area contributed by atoms with E-state index in [4.69, 9.17) is 16.9 Å². The number of hydrogen-bond donors (Lipinski definition) is 1. The van der Waals surface area contributed by atoms with Crippen molar-refractivity contribution in [2.24, 2.45) is 0 Å². The third-order valence-electron chi connectivity index (χ3n) is 1.94. The molecule has 2 heterocycles. The van der Waals surface area contributed by atoms with Crippen molar-refractivity contribution in [3.63, 3.8) is 0 Å². The fourth-order valence-electron chi connectivity index (χ4n) is 1.08. The fourth-order valence-corrected chi connectivity index (χ4v) is 1.08. The molecular weight excluding hydrogens is 234 g/mol. The third kappa shape index (κ3) is 2.52. The van der Waals surface area contributed by atoms with E-state index in [-0.39, 0.29) is 17.9 Å². The summed E-state index contributed by atoms with van der Waals surface area (Å²) in [5.41, 5.74) is 4.73. The summed E-state index contributed by atoms with van der Waals surface area (Å²) in [4.78, 5) is 15.6. The van der Waals surface area contributed by atoms with Gasteiger partial charge < -0.3 is 10.5 Å². The minimum absolute atomic E-state index is 0.0123. The first-order chi connectivity index (χ1) is 8.50. The van der Waals surface area contributed by atoms with Gasteiger partial charge in [0.25, 0.3) is 5.95 Å². The Morgan fingerprint density at radius 1 is 1.39 bits per heavy atom. The molecule has 0 spiro atoms. The maximum atomic E-state index is 5.57. The third-order valence-corrected chi connectivity index (χ3v) is 1.94. The lowest BCUT2D eigenvalue weighted by molar-refractivity contribution is 0.156. The predicted octanol–water partition coefficient (Wildman–Crippen LogP) is -0.175. The highest BCUT2D eigenvalue weighted by Crippen LogP contribution is 2.14. The summed E-state index contributed by atoms with van der Waals surface area (Å²) in [5, 5.41) is 3.89. The molecule has 8 nitrogen and oxygen atoms in total. The Morgan fingerprint density at radius 3 is 2.78 bits per heavy atom. The van der Waals surface area contributed by atoms with Crippen molar-refractivity contribution in [1.29, 1.82) is 0 Å². The van der Waals surface area contributed by atoms with E-state index >= 15 is 0 Å². The molecule has 92 valence electrons. The molecule has 0 saturated carbocycles. The van der Waals surface area contributed by atoms with Crippen LogP contribution in [0.4, 0.5) is 5.95 Å². The van der Waals surface area contributed by atoms with Gasteiger partial charge in [-0.05, 0) is 13.8 Å². The molecule has 0 aromatic carbocycles. The molecule has 0 atom stereocenters. The van der Waals surface area contributed by atoms with Crippen LogP contribution >= 0.6 is 0 Å². The standard InChI is InChI=1S/C10H11N7O/c1-4-10(2,3)18-9-15-7(11)14-8(16-9)17-6-12-5-13-17/h1,5-6H,2-3H3,(H2,11,14,15,16). The number of rotatable bonds is 3. The van der Waals surface area contributed by atoms with Gasteiger partial charge in [-0.25, -0.2) is 4.98 Å². The van der Waals surface area contributed by atoms with Crippen molar-refractivity contribution in [3.05, 3.63) is 12.7 Å². The number of aromatic nitrogens is 6. The van der Waals surface area contributed by atoms with E-state index in [1.165, 1.54) is 17.3 Å². The zero-order valence-electron chi connectivity index (χ0n) is 9.90. The van der Waals surface area contributed by atoms with E-state index in [0.717, 1.165) is 0 Å². The van der Waals surface area contributed by atoms with Gasteiger partial charge in [-0.1, -0.05) is 5.92 Å². The second-order valence-electron chi connectivity index (χ2n) is 3.87. The molecule has 0 aliphatic rings. The summed E-state index contributed by atoms with van der Waals surface area (Å²) < 4.78 is 6.77. The normalized spacial score (nSPS) is 10.9. The topological polar surface area (TPSA) is 105 Å². The zero-order valence-corrected chi connectivity index (χ0v) is 9.90. The van der Waals surface area contributed by atoms with Crippen LogP contribution in [0.1, 0.15) is 13.8 Å². The molecule has 0 radical (unpaired) electrons. The van der Waals surface area contributed by atoms with Gasteiger partial charge in [0.15, 0.2) is 5.60 Å². The predicted molar refractivity (Wildman–Crippen MR) is 62.7 cm³/mol. The lowest BCUT2D eigenvalue weighted by Crippen LogP contribution is -2.27. The highest BCUT2D eigenvalue weighted by molar-refractivity contribution is 5.24. The summed E-state index contributed by atoms with van der Waals surface area (Å²) in [5.74, 6) is 2.69. The Labute approximate surface area is 103 Å². The lowest BCUT2D eigenvalue weighted by Gasteiger charge is -2.18. The Hall–Kier alpha value is -2.69. The van der Waals surface area contributed by atoms with Gasteiger partial charge in [0.2, 0.25) is 5.95 Å². The molecule has 0 saturated heterocycles. The van der Waals surface area contributed by atoms with Gasteiger partial charge in [-0.15, -0.1) is 6.42 Å². The summed E-state index contributed by atoms with van der Waals surface area (Å²) in [6, 6.07) is 0.0379. The number of nitrogen functional groups attached to an aromatic ring is 1. The van der Waals surface area contributed by atoms with Gasteiger partial charge in [0.05, 0.1) is 0 Å². The van der Waals surface area contributed by atoms with Crippen molar-refractivity contribution in [1.82, 2.24) is 29.7 Å². The van der Waals surface area contributed by atoms with Crippen molar-refractivity contribution in [2.45, 2.75) is 19.4 Å². The zero-order chi connectivity index (χ0) is 13.2. The van der Waals surface area contributed by atoms with Crippen LogP contribution in [0.5, 0.6) is 6.01 Å². The van der Waals surface area contributed by atoms with Gasteiger partial charge in [0, 0.05) is 0 Å². The summed E-state index contributed by atoms with van der Waals surface area (Å²) in [6.07, 6.45) is 8.11. The van der Waals surface area contributed by atoms with Gasteiger partial charge in [-0.3, -0.25) is 0 Å². The average Bonchev–Trinajstić information content (AvgIpc) is 2.81. The number of nitrogens with two attached hydrogens (primary N) is 1. The first kappa shape index (κ1) is 11.8. The number of hydrogen-bond acceptors (Lipinski definition) is 7. The van der Waals surface area contributed by atoms with Crippen LogP contribution in [0.2, 0.25) is 0 Å². The fraction of sp³-hybridized carbons (Fsp3) is 0.300. The average molecular weight is 245 g/mol. The van der Waals surface area contributed by atoms with Crippen LogP contribution in [-0.2, 0) is 0 Å². The number of terminal acetylenes is 1. The molecule has 18 heavy (non-hydrogen) atoms. The van der Waals surface area contributed by atoms with Crippen LogP contribution in [0.3, 0.4) is 0 Å². The maximum Gasteiger partial charge on any atom is 0.324 e. The number of nitrogens with zero attached hydrogens (tertiary/aromatic N) is 6. The van der Waals surface area contributed by atoms with Crippen molar-refractivity contribution < 1.29 is 4.74 Å². The molecule has 0 amide bonds. The molecule has 0 unspecified atom stereocenters. The van der Waals surface area contributed by atoms with Crippen molar-refractivity contribution in [3.8, 4) is 24.3 Å². The maximum absolute atomic E-state index is 5.57. The number of anilines is 1. The minimum atomic E-state index is -0.840. The van der Waals surface area contributed by atoms with Crippen LogP contribution in [-0.4, -0.2) is 35.3 Å². The number of ether oxygens (including phenoxy) is 1. The quantitative estimate of drug-likeness (QED) is 0.748. The summed E-state index contributed by atoms with van der Waals surface area (Å²) in [7, 11) is 0. The Morgan fingerprint density at radius 2 is 2.17 bits per heavy atom. The second kappa shape index (κ2) is 4.29. The molecular formula is C10H11N7O. The molecule has 0 bridgehead atoms. The molecule has 8 heteroatoms. The first-order valence-corrected chi connectivity index (χ1v) is 5.03. The Bertz CT molecular complexity index is 585. The molecule has 2 rings (SSSR count). The van der Waals surface area contributed by atoms with Crippen LogP contribution in [0.25, 0.3) is 5.95 Å². The Balaban J connectivity index is 2.37. The minimum Gasteiger partial charge on any atom is -0.444 e. The van der Waals surface area contributed by atoms with E-state index in [9.17, 15) is 0 Å². The van der Waals surface area contributed by atoms with Crippen molar-refractivity contribution in [2.75, 3.05) is 5.73 Å². The largest absolute Gasteiger partial charge is 0.444 e. The van der Waals surface area contributed by atoms with E-state index in [0.29, 0.717) is 0 Å². The lowest BCUT2D eigenvalue weighted by atomic mass is 10.2. The van der Waals surface area contributed by atoms with Crippen molar-refractivity contribution >= 4 is 5.95 Å². The second-order valence-corrected chi connectivity index (χ2v) is 3.87. The molecule has 0 fully saturated rings. The van der Waals surface area contributed by atoms with E-state index in [1.54, 1.807) is 13.8 Å². The first-order valence-electron chi connectivity index (χ1n) is 5.03. The van der Waals surface area contributed by atoms with Gasteiger partial charge >= 0.3 is 6.01 Å². The smallest absolute Gasteiger partial charge is 0.324 e. The highest BCUT2D eigenvalue weighted by Gasteiger charge is 2.19. The van der Waals surface area contributed by atoms with E-state index in [1.807, 2.05) is 0 Å². The SMILES string of the molecule is C#CC(C)(C)Oc1nc(N)nc(-n2cncn2)n1. The van der Waals surface area contributed by atoms with Crippen LogP contribution in [0, 0.1) is 12.3 Å². The van der Waals surface area contributed by atoms with E-state index < -0.39 is 5.60 Å². The van der Waals surface area contributed by atoms with Crippen LogP contribution < -0.4 is 10.5 Å². The van der Waals surface area contributed by atoms with Crippen LogP contribution in [0.15, 0.2) is 12.7 Å². The molecule has 0 aliphatic heterocycles. The van der Waals surface area contributed by atoms with Gasteiger partial charge in [0.1, 0.15) is 12.7 Å². The molecule has 2 aromatic rings. The molecule has 0 aliphatic carbocycles. The van der Waals surface area contributed by atoms with Gasteiger partial charge in [-0.2, -0.15) is 24.7 Å². The monoisotopic (exact) mass is 245 g/mol. The summed E-state index contributed by atoms with van der Waals surface area (Å²) >= 11 is 0. The molecule has 2 aromatic heterocycles. The Kier molecular flexibility index (Phi) is 2.81.